The number of carboxylic acids is 1. The highest BCUT2D eigenvalue weighted by Gasteiger charge is 2.31. The van der Waals surface area contributed by atoms with Crippen LogP contribution in [0.25, 0.3) is 0 Å². The van der Waals surface area contributed by atoms with Gasteiger partial charge in [0.1, 0.15) is 5.78 Å². The highest BCUT2D eigenvalue weighted by molar-refractivity contribution is 5.83. The molecule has 1 fully saturated rings. The first-order valence-corrected chi connectivity index (χ1v) is 10.3. The second-order valence-corrected chi connectivity index (χ2v) is 7.42. The minimum absolute atomic E-state index is 0.0359. The molecule has 0 bridgehead atoms. The molecule has 0 spiro atoms. The SMILES string of the molecule is CCCCCCC(O)/C=C/C1CCC(=O)C1C/C=C/CCCCC(=O)O. The summed E-state index contributed by atoms with van der Waals surface area (Å²) in [6, 6.07) is 0. The molecule has 3 atom stereocenters. The summed E-state index contributed by atoms with van der Waals surface area (Å²) < 4.78 is 0. The maximum absolute atomic E-state index is 12.1. The molecule has 148 valence electrons. The smallest absolute Gasteiger partial charge is 0.303 e. The molecule has 0 saturated heterocycles. The summed E-state index contributed by atoms with van der Waals surface area (Å²) in [6.07, 6.45) is 18.1. The number of rotatable bonds is 14. The van der Waals surface area contributed by atoms with E-state index < -0.39 is 12.1 Å². The van der Waals surface area contributed by atoms with Gasteiger partial charge in [0.15, 0.2) is 0 Å². The molecule has 4 heteroatoms. The Labute approximate surface area is 158 Å². The van der Waals surface area contributed by atoms with Crippen molar-refractivity contribution in [1.29, 1.82) is 0 Å². The van der Waals surface area contributed by atoms with Crippen LogP contribution in [0.5, 0.6) is 0 Å². The second kappa shape index (κ2) is 13.7. The van der Waals surface area contributed by atoms with Crippen molar-refractivity contribution < 1.29 is 19.8 Å². The predicted octanol–water partition coefficient (Wildman–Crippen LogP) is 5.06. The van der Waals surface area contributed by atoms with E-state index in [4.69, 9.17) is 5.11 Å². The maximum Gasteiger partial charge on any atom is 0.303 e. The van der Waals surface area contributed by atoms with Crippen molar-refractivity contribution in [2.45, 2.75) is 90.1 Å². The van der Waals surface area contributed by atoms with Crippen LogP contribution < -0.4 is 0 Å². The Kier molecular flexibility index (Phi) is 12.0. The third-order valence-corrected chi connectivity index (χ3v) is 5.16. The fraction of sp³-hybridized carbons (Fsp3) is 0.727. The summed E-state index contributed by atoms with van der Waals surface area (Å²) in [5.41, 5.74) is 0. The van der Waals surface area contributed by atoms with Gasteiger partial charge in [-0.25, -0.2) is 0 Å². The molecule has 1 aliphatic carbocycles. The highest BCUT2D eigenvalue weighted by atomic mass is 16.4. The normalized spacial score (nSPS) is 21.8. The van der Waals surface area contributed by atoms with Crippen molar-refractivity contribution in [2.75, 3.05) is 0 Å². The van der Waals surface area contributed by atoms with E-state index in [9.17, 15) is 14.7 Å². The van der Waals surface area contributed by atoms with Gasteiger partial charge in [-0.2, -0.15) is 0 Å². The van der Waals surface area contributed by atoms with Gasteiger partial charge in [-0.05, 0) is 44.4 Å². The van der Waals surface area contributed by atoms with Crippen LogP contribution in [0.3, 0.4) is 0 Å². The first-order valence-electron chi connectivity index (χ1n) is 10.3. The van der Waals surface area contributed by atoms with Crippen LogP contribution >= 0.6 is 0 Å². The van der Waals surface area contributed by atoms with Crippen LogP contribution in [-0.2, 0) is 9.59 Å². The molecule has 1 saturated carbocycles. The number of carbonyl (C=O) groups is 2. The summed E-state index contributed by atoms with van der Waals surface area (Å²) in [6.45, 7) is 2.18. The molecule has 0 amide bonds. The zero-order chi connectivity index (χ0) is 19.2. The van der Waals surface area contributed by atoms with Gasteiger partial charge in [0, 0.05) is 18.8 Å². The van der Waals surface area contributed by atoms with Crippen molar-refractivity contribution in [3.63, 3.8) is 0 Å². The van der Waals surface area contributed by atoms with E-state index >= 15 is 0 Å². The lowest BCUT2D eigenvalue weighted by Gasteiger charge is -2.13. The number of allylic oxidation sites excluding steroid dienone is 3. The van der Waals surface area contributed by atoms with Crippen molar-refractivity contribution in [3.8, 4) is 0 Å². The molecule has 3 unspecified atom stereocenters. The lowest BCUT2D eigenvalue weighted by Crippen LogP contribution is -2.13. The lowest BCUT2D eigenvalue weighted by molar-refractivity contribution is -0.137. The third-order valence-electron chi connectivity index (χ3n) is 5.16. The third kappa shape index (κ3) is 9.91. The van der Waals surface area contributed by atoms with E-state index in [-0.39, 0.29) is 18.3 Å². The summed E-state index contributed by atoms with van der Waals surface area (Å²) in [5.74, 6) is -0.140. The molecular formula is C22H36O4. The quantitative estimate of drug-likeness (QED) is 0.334. The van der Waals surface area contributed by atoms with E-state index in [1.807, 2.05) is 6.08 Å². The maximum atomic E-state index is 12.1. The molecule has 0 radical (unpaired) electrons. The number of hydrogen-bond donors (Lipinski definition) is 2. The fourth-order valence-electron chi connectivity index (χ4n) is 3.52. The van der Waals surface area contributed by atoms with E-state index in [1.165, 1.54) is 19.3 Å². The van der Waals surface area contributed by atoms with Gasteiger partial charge < -0.3 is 10.2 Å². The zero-order valence-corrected chi connectivity index (χ0v) is 16.2. The molecule has 0 aliphatic heterocycles. The van der Waals surface area contributed by atoms with Crippen molar-refractivity contribution in [1.82, 2.24) is 0 Å². The topological polar surface area (TPSA) is 74.6 Å². The zero-order valence-electron chi connectivity index (χ0n) is 16.2. The molecular weight excluding hydrogens is 328 g/mol. The van der Waals surface area contributed by atoms with Crippen molar-refractivity contribution in [2.24, 2.45) is 11.8 Å². The van der Waals surface area contributed by atoms with Gasteiger partial charge >= 0.3 is 5.97 Å². The number of aliphatic hydroxyl groups is 1. The molecule has 0 heterocycles. The van der Waals surface area contributed by atoms with E-state index in [2.05, 4.69) is 25.2 Å². The number of hydrogen-bond acceptors (Lipinski definition) is 3. The minimum atomic E-state index is -0.743. The van der Waals surface area contributed by atoms with Gasteiger partial charge in [0.2, 0.25) is 0 Å². The Morgan fingerprint density at radius 2 is 2.00 bits per heavy atom. The van der Waals surface area contributed by atoms with E-state index in [0.29, 0.717) is 18.6 Å². The van der Waals surface area contributed by atoms with Crippen molar-refractivity contribution in [3.05, 3.63) is 24.3 Å². The van der Waals surface area contributed by atoms with Crippen LogP contribution in [0, 0.1) is 11.8 Å². The van der Waals surface area contributed by atoms with E-state index in [1.54, 1.807) is 0 Å². The summed E-state index contributed by atoms with van der Waals surface area (Å²) >= 11 is 0. The molecule has 26 heavy (non-hydrogen) atoms. The van der Waals surface area contributed by atoms with Crippen LogP contribution in [0.1, 0.15) is 84.0 Å². The Morgan fingerprint density at radius 1 is 1.19 bits per heavy atom. The standard InChI is InChI=1S/C22H36O4/c1-2-3-4-8-11-19(23)16-14-18-15-17-21(24)20(18)12-9-6-5-7-10-13-22(25)26/h6,9,14,16,18-20,23H,2-5,7-8,10-13,15,17H2,1H3,(H,25,26)/b9-6+,16-14+. The second-order valence-electron chi connectivity index (χ2n) is 7.42. The summed E-state index contributed by atoms with van der Waals surface area (Å²) in [7, 11) is 0. The predicted molar refractivity (Wildman–Crippen MR) is 105 cm³/mol. The molecule has 2 N–H and O–H groups in total. The average Bonchev–Trinajstić information content (AvgIpc) is 2.96. The molecule has 1 rings (SSSR count). The summed E-state index contributed by atoms with van der Waals surface area (Å²) in [4.78, 5) is 22.6. The Morgan fingerprint density at radius 3 is 2.73 bits per heavy atom. The van der Waals surface area contributed by atoms with Crippen LogP contribution in [0.2, 0.25) is 0 Å². The highest BCUT2D eigenvalue weighted by Crippen LogP contribution is 2.33. The fourth-order valence-corrected chi connectivity index (χ4v) is 3.52. The number of aliphatic carboxylic acids is 1. The lowest BCUT2D eigenvalue weighted by atomic mass is 9.91. The Bertz CT molecular complexity index is 467. The molecule has 0 aromatic carbocycles. The number of carbonyl (C=O) groups excluding carboxylic acids is 1. The first-order chi connectivity index (χ1) is 12.5. The average molecular weight is 365 g/mol. The molecule has 0 aromatic rings. The first kappa shape index (κ1) is 22.6. The molecule has 1 aliphatic rings. The minimum Gasteiger partial charge on any atom is -0.481 e. The van der Waals surface area contributed by atoms with Crippen molar-refractivity contribution >= 4 is 11.8 Å². The van der Waals surface area contributed by atoms with Crippen LogP contribution in [0.15, 0.2) is 24.3 Å². The van der Waals surface area contributed by atoms with Crippen LogP contribution in [-0.4, -0.2) is 28.1 Å². The van der Waals surface area contributed by atoms with E-state index in [0.717, 1.165) is 38.5 Å². The Balaban J connectivity index is 2.31. The van der Waals surface area contributed by atoms with Gasteiger partial charge in [0.25, 0.3) is 0 Å². The van der Waals surface area contributed by atoms with Gasteiger partial charge in [-0.3, -0.25) is 9.59 Å². The number of unbranched alkanes of at least 4 members (excludes halogenated alkanes) is 5. The largest absolute Gasteiger partial charge is 0.481 e. The van der Waals surface area contributed by atoms with Gasteiger partial charge in [0.05, 0.1) is 6.10 Å². The molecule has 4 nitrogen and oxygen atoms in total. The molecule has 0 aromatic heterocycles. The monoisotopic (exact) mass is 364 g/mol. The summed E-state index contributed by atoms with van der Waals surface area (Å²) in [5, 5.41) is 18.7. The van der Waals surface area contributed by atoms with Gasteiger partial charge in [-0.1, -0.05) is 56.9 Å². The number of aliphatic hydroxyl groups excluding tert-OH is 1. The number of Topliss-reactive ketones (excluding diaryl/α,β-unsaturated/α-hetero) is 1. The van der Waals surface area contributed by atoms with Gasteiger partial charge in [-0.15, -0.1) is 0 Å². The number of carboxylic acid groups (broad SMARTS) is 1. The number of ketones is 1. The van der Waals surface area contributed by atoms with Crippen LogP contribution in [0.4, 0.5) is 0 Å². The Hall–Kier alpha value is -1.42.